The fourth-order valence-corrected chi connectivity index (χ4v) is 3.52. The van der Waals surface area contributed by atoms with Crippen molar-refractivity contribution in [3.63, 3.8) is 0 Å². The van der Waals surface area contributed by atoms with E-state index in [1.54, 1.807) is 12.1 Å². The Bertz CT molecular complexity index is 506. The quantitative estimate of drug-likeness (QED) is 0.847. The SMILES string of the molecule is CCN(Cc1ccc(C(N)=O)cc1Cl)C1CCCC1CN. The van der Waals surface area contributed by atoms with Gasteiger partial charge >= 0.3 is 0 Å². The Morgan fingerprint density at radius 3 is 2.76 bits per heavy atom. The molecule has 2 unspecified atom stereocenters. The van der Waals surface area contributed by atoms with Crippen molar-refractivity contribution in [3.8, 4) is 0 Å². The lowest BCUT2D eigenvalue weighted by Gasteiger charge is -2.32. The summed E-state index contributed by atoms with van der Waals surface area (Å²) >= 11 is 6.29. The van der Waals surface area contributed by atoms with Gasteiger partial charge in [0.2, 0.25) is 5.91 Å². The molecule has 2 atom stereocenters. The molecule has 4 N–H and O–H groups in total. The average Bonchev–Trinajstić information content (AvgIpc) is 2.94. The molecule has 0 bridgehead atoms. The fraction of sp³-hybridized carbons (Fsp3) is 0.562. The molecule has 0 heterocycles. The summed E-state index contributed by atoms with van der Waals surface area (Å²) in [6.07, 6.45) is 3.66. The highest BCUT2D eigenvalue weighted by Crippen LogP contribution is 2.31. The Kier molecular flexibility index (Phi) is 5.62. The molecule has 0 saturated heterocycles. The van der Waals surface area contributed by atoms with Gasteiger partial charge in [-0.15, -0.1) is 0 Å². The number of amides is 1. The van der Waals surface area contributed by atoms with Gasteiger partial charge in [0.15, 0.2) is 0 Å². The number of nitrogens with two attached hydrogens (primary N) is 2. The van der Waals surface area contributed by atoms with Crippen LogP contribution in [0.4, 0.5) is 0 Å². The highest BCUT2D eigenvalue weighted by molar-refractivity contribution is 6.31. The maximum atomic E-state index is 11.2. The minimum absolute atomic E-state index is 0.449. The van der Waals surface area contributed by atoms with Gasteiger partial charge in [-0.2, -0.15) is 0 Å². The Balaban J connectivity index is 2.13. The Labute approximate surface area is 131 Å². The number of rotatable bonds is 6. The van der Waals surface area contributed by atoms with Crippen molar-refractivity contribution in [2.45, 2.75) is 38.8 Å². The van der Waals surface area contributed by atoms with Crippen LogP contribution < -0.4 is 11.5 Å². The molecule has 4 nitrogen and oxygen atoms in total. The van der Waals surface area contributed by atoms with Crippen LogP contribution in [0.1, 0.15) is 42.1 Å². The van der Waals surface area contributed by atoms with Crippen LogP contribution in [-0.4, -0.2) is 29.9 Å². The van der Waals surface area contributed by atoms with Gasteiger partial charge in [0.1, 0.15) is 0 Å². The predicted octanol–water partition coefficient (Wildman–Crippen LogP) is 2.39. The second kappa shape index (κ2) is 7.25. The van der Waals surface area contributed by atoms with Crippen molar-refractivity contribution in [3.05, 3.63) is 34.3 Å². The maximum Gasteiger partial charge on any atom is 0.248 e. The van der Waals surface area contributed by atoms with Crippen molar-refractivity contribution < 1.29 is 4.79 Å². The first kappa shape index (κ1) is 16.3. The summed E-state index contributed by atoms with van der Waals surface area (Å²) < 4.78 is 0. The van der Waals surface area contributed by atoms with Crippen LogP contribution >= 0.6 is 11.6 Å². The molecule has 0 spiro atoms. The van der Waals surface area contributed by atoms with E-state index in [1.165, 1.54) is 19.3 Å². The monoisotopic (exact) mass is 309 g/mol. The molecule has 2 rings (SSSR count). The first-order valence-corrected chi connectivity index (χ1v) is 7.97. The van der Waals surface area contributed by atoms with E-state index in [0.717, 1.165) is 25.2 Å². The largest absolute Gasteiger partial charge is 0.366 e. The molecule has 1 aliphatic carbocycles. The lowest BCUT2D eigenvalue weighted by molar-refractivity contribution is 0.1000. The molecular formula is C16H24ClN3O. The Morgan fingerprint density at radius 2 is 2.19 bits per heavy atom. The summed E-state index contributed by atoms with van der Waals surface area (Å²) in [7, 11) is 0. The molecule has 21 heavy (non-hydrogen) atoms. The van der Waals surface area contributed by atoms with Gasteiger partial charge in [-0.1, -0.05) is 31.0 Å². The van der Waals surface area contributed by atoms with Crippen LogP contribution in [0.15, 0.2) is 18.2 Å². The van der Waals surface area contributed by atoms with Gasteiger partial charge in [-0.3, -0.25) is 9.69 Å². The standard InChI is InChI=1S/C16H24ClN3O/c1-2-20(15-5-3-4-12(15)9-18)10-13-7-6-11(16(19)21)8-14(13)17/h6-8,12,15H,2-5,9-10,18H2,1H3,(H2,19,21). The van der Waals surface area contributed by atoms with Crippen molar-refractivity contribution in [1.29, 1.82) is 0 Å². The summed E-state index contributed by atoms with van der Waals surface area (Å²) in [6.45, 7) is 4.66. The van der Waals surface area contributed by atoms with Gasteiger partial charge in [0, 0.05) is 23.2 Å². The van der Waals surface area contributed by atoms with Crippen LogP contribution in [-0.2, 0) is 6.54 Å². The number of carbonyl (C=O) groups excluding carboxylic acids is 1. The molecule has 116 valence electrons. The molecule has 0 radical (unpaired) electrons. The topological polar surface area (TPSA) is 72.3 Å². The van der Waals surface area contributed by atoms with Crippen LogP contribution in [0, 0.1) is 5.92 Å². The number of halogens is 1. The lowest BCUT2D eigenvalue weighted by Crippen LogP contribution is -2.39. The van der Waals surface area contributed by atoms with Crippen LogP contribution in [0.3, 0.4) is 0 Å². The summed E-state index contributed by atoms with van der Waals surface area (Å²) in [6, 6.07) is 5.83. The second-order valence-corrected chi connectivity index (χ2v) is 6.13. The Hall–Kier alpha value is -1.10. The zero-order valence-corrected chi connectivity index (χ0v) is 13.3. The third-order valence-corrected chi connectivity index (χ3v) is 4.86. The van der Waals surface area contributed by atoms with Gasteiger partial charge in [-0.05, 0) is 49.5 Å². The third-order valence-electron chi connectivity index (χ3n) is 4.51. The van der Waals surface area contributed by atoms with E-state index in [0.29, 0.717) is 22.5 Å². The highest BCUT2D eigenvalue weighted by atomic mass is 35.5. The zero-order valence-electron chi connectivity index (χ0n) is 12.5. The van der Waals surface area contributed by atoms with E-state index < -0.39 is 5.91 Å². The number of carbonyl (C=O) groups is 1. The first-order valence-electron chi connectivity index (χ1n) is 7.59. The molecule has 1 aliphatic rings. The van der Waals surface area contributed by atoms with Crippen molar-refractivity contribution in [2.24, 2.45) is 17.4 Å². The molecule has 0 aliphatic heterocycles. The highest BCUT2D eigenvalue weighted by Gasteiger charge is 2.30. The number of hydrogen-bond acceptors (Lipinski definition) is 3. The van der Waals surface area contributed by atoms with Crippen molar-refractivity contribution in [2.75, 3.05) is 13.1 Å². The summed E-state index contributed by atoms with van der Waals surface area (Å²) in [5.41, 5.74) is 12.6. The smallest absolute Gasteiger partial charge is 0.248 e. The number of primary amides is 1. The minimum Gasteiger partial charge on any atom is -0.366 e. The van der Waals surface area contributed by atoms with E-state index in [4.69, 9.17) is 23.1 Å². The van der Waals surface area contributed by atoms with E-state index in [2.05, 4.69) is 11.8 Å². The van der Waals surface area contributed by atoms with Gasteiger partial charge in [0.25, 0.3) is 0 Å². The van der Waals surface area contributed by atoms with Gasteiger partial charge in [0.05, 0.1) is 0 Å². The van der Waals surface area contributed by atoms with Crippen molar-refractivity contribution >= 4 is 17.5 Å². The molecule has 5 heteroatoms. The maximum absolute atomic E-state index is 11.2. The first-order chi connectivity index (χ1) is 10.1. The van der Waals surface area contributed by atoms with Crippen LogP contribution in [0.5, 0.6) is 0 Å². The number of hydrogen-bond donors (Lipinski definition) is 2. The molecule has 0 aromatic heterocycles. The van der Waals surface area contributed by atoms with E-state index in [9.17, 15) is 4.79 Å². The summed E-state index contributed by atoms with van der Waals surface area (Å²) in [5.74, 6) is 0.128. The van der Waals surface area contributed by atoms with Crippen molar-refractivity contribution in [1.82, 2.24) is 4.90 Å². The molecule has 1 aromatic carbocycles. The Morgan fingerprint density at radius 1 is 1.43 bits per heavy atom. The molecular weight excluding hydrogens is 286 g/mol. The normalized spacial score (nSPS) is 21.9. The van der Waals surface area contributed by atoms with Gasteiger partial charge in [-0.25, -0.2) is 0 Å². The van der Waals surface area contributed by atoms with E-state index in [1.807, 2.05) is 6.07 Å². The van der Waals surface area contributed by atoms with Crippen LogP contribution in [0.25, 0.3) is 0 Å². The molecule has 1 amide bonds. The van der Waals surface area contributed by atoms with E-state index >= 15 is 0 Å². The lowest BCUT2D eigenvalue weighted by atomic mass is 10.0. The van der Waals surface area contributed by atoms with Gasteiger partial charge < -0.3 is 11.5 Å². The summed E-state index contributed by atoms with van der Waals surface area (Å²) in [4.78, 5) is 13.6. The number of benzene rings is 1. The summed E-state index contributed by atoms with van der Waals surface area (Å²) in [5, 5.41) is 0.604. The minimum atomic E-state index is -0.449. The third kappa shape index (κ3) is 3.76. The average molecular weight is 310 g/mol. The molecule has 1 fully saturated rings. The van der Waals surface area contributed by atoms with Crippen LogP contribution in [0.2, 0.25) is 5.02 Å². The number of nitrogens with zero attached hydrogens (tertiary/aromatic N) is 1. The zero-order chi connectivity index (χ0) is 15.4. The second-order valence-electron chi connectivity index (χ2n) is 5.73. The van der Waals surface area contributed by atoms with E-state index in [-0.39, 0.29) is 0 Å². The molecule has 1 aromatic rings. The molecule has 1 saturated carbocycles. The predicted molar refractivity (Wildman–Crippen MR) is 86.2 cm³/mol. The fourth-order valence-electron chi connectivity index (χ4n) is 3.28.